The number of rotatable bonds is 7. The molecule has 0 aromatic carbocycles. The molecule has 1 heterocycles. The summed E-state index contributed by atoms with van der Waals surface area (Å²) >= 11 is 0. The maximum Gasteiger partial charge on any atom is 0.406 e. The van der Waals surface area contributed by atoms with Gasteiger partial charge in [0, 0.05) is 20.2 Å². The lowest BCUT2D eigenvalue weighted by molar-refractivity contribution is -0.388. The van der Waals surface area contributed by atoms with E-state index in [1.54, 1.807) is 11.6 Å². The highest BCUT2D eigenvalue weighted by Gasteiger charge is 2.19. The van der Waals surface area contributed by atoms with Crippen molar-refractivity contribution in [2.24, 2.45) is 13.0 Å². The van der Waals surface area contributed by atoms with E-state index < -0.39 is 4.92 Å². The van der Waals surface area contributed by atoms with Gasteiger partial charge in [-0.1, -0.05) is 6.92 Å². The monoisotopic (exact) mass is 242 g/mol. The normalized spacial score (nSPS) is 12.4. The number of hydrogen-bond acceptors (Lipinski definition) is 5. The van der Waals surface area contributed by atoms with Crippen molar-refractivity contribution in [3.8, 4) is 0 Å². The Kier molecular flexibility index (Phi) is 4.89. The van der Waals surface area contributed by atoms with Crippen LogP contribution in [0.2, 0.25) is 0 Å². The molecule has 0 fully saturated rings. The minimum Gasteiger partial charge on any atom is -0.396 e. The van der Waals surface area contributed by atoms with E-state index in [2.05, 4.69) is 10.3 Å². The molecule has 0 radical (unpaired) electrons. The number of aliphatic hydroxyl groups is 1. The van der Waals surface area contributed by atoms with Crippen LogP contribution in [0.5, 0.6) is 0 Å². The molecule has 1 aromatic heterocycles. The van der Waals surface area contributed by atoms with Gasteiger partial charge >= 0.3 is 5.82 Å². The number of imidazole rings is 1. The van der Waals surface area contributed by atoms with Gasteiger partial charge in [-0.3, -0.25) is 4.57 Å². The van der Waals surface area contributed by atoms with Gasteiger partial charge < -0.3 is 20.5 Å². The Balaban J connectivity index is 2.46. The highest BCUT2D eigenvalue weighted by molar-refractivity contribution is 5.51. The zero-order valence-electron chi connectivity index (χ0n) is 10.1. The number of nitro groups is 1. The summed E-state index contributed by atoms with van der Waals surface area (Å²) in [6.07, 6.45) is 3.15. The molecule has 0 saturated carbocycles. The van der Waals surface area contributed by atoms with E-state index >= 15 is 0 Å². The lowest BCUT2D eigenvalue weighted by atomic mass is 10.1. The molecule has 0 amide bonds. The molecular formula is C10H18N4O3. The van der Waals surface area contributed by atoms with E-state index in [4.69, 9.17) is 5.11 Å². The van der Waals surface area contributed by atoms with E-state index in [9.17, 15) is 10.1 Å². The summed E-state index contributed by atoms with van der Waals surface area (Å²) in [5.41, 5.74) is 0. The summed E-state index contributed by atoms with van der Waals surface area (Å²) in [7, 11) is 1.71. The van der Waals surface area contributed by atoms with Crippen LogP contribution in [0.25, 0.3) is 0 Å². The topological polar surface area (TPSA) is 93.2 Å². The largest absolute Gasteiger partial charge is 0.406 e. The lowest BCUT2D eigenvalue weighted by Crippen LogP contribution is -2.09. The number of aromatic nitrogens is 2. The molecule has 0 aliphatic carbocycles. The summed E-state index contributed by atoms with van der Waals surface area (Å²) in [5, 5.41) is 22.5. The summed E-state index contributed by atoms with van der Waals surface area (Å²) in [6.45, 7) is 2.77. The van der Waals surface area contributed by atoms with E-state index in [1.165, 1.54) is 6.33 Å². The number of aryl methyl sites for hydroxylation is 1. The zero-order chi connectivity index (χ0) is 12.8. The molecule has 7 nitrogen and oxygen atoms in total. The van der Waals surface area contributed by atoms with Crippen LogP contribution in [0.1, 0.15) is 19.8 Å². The molecule has 7 heteroatoms. The third-order valence-electron chi connectivity index (χ3n) is 2.57. The molecular weight excluding hydrogens is 224 g/mol. The molecule has 0 aliphatic rings. The number of nitrogens with one attached hydrogen (secondary N) is 1. The first-order valence-corrected chi connectivity index (χ1v) is 5.56. The van der Waals surface area contributed by atoms with Crippen LogP contribution in [0.15, 0.2) is 6.33 Å². The van der Waals surface area contributed by atoms with Crippen molar-refractivity contribution in [2.75, 3.05) is 18.5 Å². The SMILES string of the molecule is CC(CO)CCCNc1c([N+](=O)[O-])ncn1C. The first kappa shape index (κ1) is 13.4. The van der Waals surface area contributed by atoms with Gasteiger partial charge in [-0.05, 0) is 28.7 Å². The third kappa shape index (κ3) is 3.70. The Bertz CT molecular complexity index is 378. The first-order valence-electron chi connectivity index (χ1n) is 5.56. The van der Waals surface area contributed by atoms with E-state index in [0.29, 0.717) is 12.4 Å². The Morgan fingerprint density at radius 2 is 2.41 bits per heavy atom. The predicted octanol–water partition coefficient (Wildman–Crippen LogP) is 1.15. The Morgan fingerprint density at radius 3 is 3.00 bits per heavy atom. The van der Waals surface area contributed by atoms with Crippen LogP contribution < -0.4 is 5.32 Å². The van der Waals surface area contributed by atoms with Gasteiger partial charge in [0.2, 0.25) is 12.1 Å². The van der Waals surface area contributed by atoms with Crippen molar-refractivity contribution in [3.05, 3.63) is 16.4 Å². The molecule has 0 aliphatic heterocycles. The van der Waals surface area contributed by atoms with E-state index in [1.807, 2.05) is 6.92 Å². The van der Waals surface area contributed by atoms with Crippen LogP contribution in [-0.4, -0.2) is 32.7 Å². The molecule has 17 heavy (non-hydrogen) atoms. The quantitative estimate of drug-likeness (QED) is 0.425. The van der Waals surface area contributed by atoms with Gasteiger partial charge in [0.25, 0.3) is 0 Å². The first-order chi connectivity index (χ1) is 8.06. The summed E-state index contributed by atoms with van der Waals surface area (Å²) < 4.78 is 1.59. The van der Waals surface area contributed by atoms with Gasteiger partial charge in [0.05, 0.1) is 0 Å². The number of hydrogen-bond donors (Lipinski definition) is 2. The molecule has 1 rings (SSSR count). The van der Waals surface area contributed by atoms with Crippen molar-refractivity contribution in [3.63, 3.8) is 0 Å². The van der Waals surface area contributed by atoms with Crippen molar-refractivity contribution < 1.29 is 10.0 Å². The molecule has 1 aromatic rings. The second kappa shape index (κ2) is 6.19. The molecule has 0 saturated heterocycles. The third-order valence-corrected chi connectivity index (χ3v) is 2.57. The second-order valence-corrected chi connectivity index (χ2v) is 4.14. The van der Waals surface area contributed by atoms with Gasteiger partial charge in [-0.25, -0.2) is 0 Å². The van der Waals surface area contributed by atoms with Crippen LogP contribution in [0.3, 0.4) is 0 Å². The molecule has 1 unspecified atom stereocenters. The van der Waals surface area contributed by atoms with Crippen molar-refractivity contribution in [2.45, 2.75) is 19.8 Å². The second-order valence-electron chi connectivity index (χ2n) is 4.14. The average molecular weight is 242 g/mol. The number of anilines is 1. The van der Waals surface area contributed by atoms with Crippen molar-refractivity contribution in [1.29, 1.82) is 0 Å². The smallest absolute Gasteiger partial charge is 0.396 e. The van der Waals surface area contributed by atoms with Crippen LogP contribution in [0, 0.1) is 16.0 Å². The minimum atomic E-state index is -0.501. The zero-order valence-corrected chi connectivity index (χ0v) is 10.1. The lowest BCUT2D eigenvalue weighted by Gasteiger charge is -2.09. The van der Waals surface area contributed by atoms with Crippen LogP contribution in [0.4, 0.5) is 11.6 Å². The van der Waals surface area contributed by atoms with Gasteiger partial charge in [0.1, 0.15) is 0 Å². The summed E-state index contributed by atoms with van der Waals surface area (Å²) in [6, 6.07) is 0. The molecule has 1 atom stereocenters. The Morgan fingerprint density at radius 1 is 1.71 bits per heavy atom. The van der Waals surface area contributed by atoms with Gasteiger partial charge in [-0.15, -0.1) is 0 Å². The van der Waals surface area contributed by atoms with Crippen LogP contribution >= 0.6 is 0 Å². The molecule has 0 spiro atoms. The van der Waals surface area contributed by atoms with Crippen LogP contribution in [-0.2, 0) is 7.05 Å². The molecule has 0 bridgehead atoms. The maximum atomic E-state index is 10.7. The fourth-order valence-electron chi connectivity index (χ4n) is 1.50. The summed E-state index contributed by atoms with van der Waals surface area (Å²) in [4.78, 5) is 13.9. The van der Waals surface area contributed by atoms with Gasteiger partial charge in [-0.2, -0.15) is 0 Å². The van der Waals surface area contributed by atoms with E-state index in [0.717, 1.165) is 12.8 Å². The Hall–Kier alpha value is -1.63. The minimum absolute atomic E-state index is 0.150. The molecule has 96 valence electrons. The molecule has 2 N–H and O–H groups in total. The highest BCUT2D eigenvalue weighted by Crippen LogP contribution is 2.20. The number of aliphatic hydroxyl groups excluding tert-OH is 1. The predicted molar refractivity (Wildman–Crippen MR) is 63.8 cm³/mol. The average Bonchev–Trinajstić information content (AvgIpc) is 2.66. The fourth-order valence-corrected chi connectivity index (χ4v) is 1.50. The Labute approximate surface area is 99.6 Å². The summed E-state index contributed by atoms with van der Waals surface area (Å²) in [5.74, 6) is 0.535. The highest BCUT2D eigenvalue weighted by atomic mass is 16.6. The van der Waals surface area contributed by atoms with Crippen molar-refractivity contribution >= 4 is 11.6 Å². The van der Waals surface area contributed by atoms with Gasteiger partial charge in [0.15, 0.2) is 0 Å². The number of nitrogens with zero attached hydrogens (tertiary/aromatic N) is 3. The van der Waals surface area contributed by atoms with E-state index in [-0.39, 0.29) is 18.3 Å². The van der Waals surface area contributed by atoms with Crippen molar-refractivity contribution in [1.82, 2.24) is 9.55 Å². The fraction of sp³-hybridized carbons (Fsp3) is 0.700. The maximum absolute atomic E-state index is 10.7. The standard InChI is InChI=1S/C10H18N4O3/c1-8(6-15)4-3-5-11-9-10(14(16)17)12-7-13(9)2/h7-8,11,15H,3-6H2,1-2H3.